The monoisotopic (exact) mass is 232 g/mol. The molecule has 0 saturated heterocycles. The van der Waals surface area contributed by atoms with Crippen LogP contribution < -0.4 is 4.74 Å². The molecule has 0 spiro atoms. The van der Waals surface area contributed by atoms with Crippen molar-refractivity contribution in [2.24, 2.45) is 5.92 Å². The largest absolute Gasteiger partial charge is 0.494 e. The maximum absolute atomic E-state index is 11.9. The van der Waals surface area contributed by atoms with Crippen LogP contribution >= 0.6 is 0 Å². The molecule has 2 heteroatoms. The molecular formula is C15H20O2. The van der Waals surface area contributed by atoms with E-state index in [2.05, 4.69) is 6.92 Å². The van der Waals surface area contributed by atoms with E-state index < -0.39 is 0 Å². The first kappa shape index (κ1) is 12.2. The molecule has 0 bridgehead atoms. The van der Waals surface area contributed by atoms with Gasteiger partial charge in [0, 0.05) is 12.0 Å². The summed E-state index contributed by atoms with van der Waals surface area (Å²) in [4.78, 5) is 11.9. The first-order valence-corrected chi connectivity index (χ1v) is 6.55. The molecule has 1 aromatic rings. The summed E-state index contributed by atoms with van der Waals surface area (Å²) in [5, 5.41) is 0. The van der Waals surface area contributed by atoms with Gasteiger partial charge in [-0.3, -0.25) is 4.79 Å². The van der Waals surface area contributed by atoms with Crippen LogP contribution in [0, 0.1) is 5.92 Å². The van der Waals surface area contributed by atoms with E-state index >= 15 is 0 Å². The van der Waals surface area contributed by atoms with Gasteiger partial charge in [0.1, 0.15) is 5.75 Å². The van der Waals surface area contributed by atoms with Gasteiger partial charge in [0.05, 0.1) is 6.61 Å². The quantitative estimate of drug-likeness (QED) is 0.696. The third-order valence-corrected chi connectivity index (χ3v) is 3.35. The van der Waals surface area contributed by atoms with E-state index in [9.17, 15) is 4.79 Å². The highest BCUT2D eigenvalue weighted by Crippen LogP contribution is 2.30. The minimum atomic E-state index is 0.275. The Bertz CT molecular complexity index is 363. The maximum atomic E-state index is 11.9. The lowest BCUT2D eigenvalue weighted by atomic mass is 9.81. The zero-order valence-corrected chi connectivity index (χ0v) is 10.4. The van der Waals surface area contributed by atoms with Crippen LogP contribution in [-0.2, 0) is 0 Å². The van der Waals surface area contributed by atoms with Gasteiger partial charge < -0.3 is 4.74 Å². The van der Waals surface area contributed by atoms with Crippen LogP contribution in [0.3, 0.4) is 0 Å². The van der Waals surface area contributed by atoms with Crippen molar-refractivity contribution in [3.05, 3.63) is 29.8 Å². The molecule has 0 aromatic heterocycles. The zero-order chi connectivity index (χ0) is 12.1. The lowest BCUT2D eigenvalue weighted by Gasteiger charge is -2.24. The zero-order valence-electron chi connectivity index (χ0n) is 10.4. The van der Waals surface area contributed by atoms with Gasteiger partial charge in [-0.25, -0.2) is 0 Å². The number of rotatable bonds is 6. The summed E-state index contributed by atoms with van der Waals surface area (Å²) < 4.78 is 5.49. The molecule has 1 fully saturated rings. The lowest BCUT2D eigenvalue weighted by Crippen LogP contribution is -2.15. The second-order valence-corrected chi connectivity index (χ2v) is 4.80. The van der Waals surface area contributed by atoms with Gasteiger partial charge >= 0.3 is 0 Å². The molecule has 0 aliphatic heterocycles. The van der Waals surface area contributed by atoms with Crippen molar-refractivity contribution in [2.75, 3.05) is 6.61 Å². The van der Waals surface area contributed by atoms with Crippen molar-refractivity contribution in [3.8, 4) is 5.75 Å². The van der Waals surface area contributed by atoms with E-state index in [-0.39, 0.29) is 5.78 Å². The highest BCUT2D eigenvalue weighted by atomic mass is 16.5. The van der Waals surface area contributed by atoms with Crippen molar-refractivity contribution in [1.29, 1.82) is 0 Å². The van der Waals surface area contributed by atoms with Gasteiger partial charge in [-0.15, -0.1) is 0 Å². The minimum Gasteiger partial charge on any atom is -0.494 e. The molecule has 17 heavy (non-hydrogen) atoms. The number of ether oxygens (including phenoxy) is 1. The molecule has 1 aliphatic carbocycles. The van der Waals surface area contributed by atoms with Crippen molar-refractivity contribution in [1.82, 2.24) is 0 Å². The van der Waals surface area contributed by atoms with E-state index in [1.54, 1.807) is 0 Å². The molecule has 0 N–H and O–H groups in total. The molecule has 0 radical (unpaired) electrons. The molecular weight excluding hydrogens is 212 g/mol. The first-order valence-electron chi connectivity index (χ1n) is 6.55. The second-order valence-electron chi connectivity index (χ2n) is 4.80. The fourth-order valence-electron chi connectivity index (χ4n) is 2.03. The Morgan fingerprint density at radius 3 is 2.53 bits per heavy atom. The Hall–Kier alpha value is -1.31. The van der Waals surface area contributed by atoms with Crippen molar-refractivity contribution in [3.63, 3.8) is 0 Å². The average molecular weight is 232 g/mol. The Labute approximate surface area is 103 Å². The Morgan fingerprint density at radius 2 is 2.00 bits per heavy atom. The SMILES string of the molecule is CCCOc1ccc(C(=O)CC2CCC2)cc1. The minimum absolute atomic E-state index is 0.275. The van der Waals surface area contributed by atoms with E-state index in [1.807, 2.05) is 24.3 Å². The normalized spacial score (nSPS) is 15.4. The number of ketones is 1. The van der Waals surface area contributed by atoms with Crippen LogP contribution in [0.4, 0.5) is 0 Å². The fraction of sp³-hybridized carbons (Fsp3) is 0.533. The number of hydrogen-bond acceptors (Lipinski definition) is 2. The predicted molar refractivity (Wildman–Crippen MR) is 68.5 cm³/mol. The van der Waals surface area contributed by atoms with E-state index in [0.29, 0.717) is 5.92 Å². The highest BCUT2D eigenvalue weighted by Gasteiger charge is 2.21. The smallest absolute Gasteiger partial charge is 0.163 e. The predicted octanol–water partition coefficient (Wildman–Crippen LogP) is 3.85. The summed E-state index contributed by atoms with van der Waals surface area (Å²) in [6, 6.07) is 7.55. The molecule has 1 aliphatic rings. The second kappa shape index (κ2) is 5.85. The number of benzene rings is 1. The van der Waals surface area contributed by atoms with Gasteiger partial charge in [0.2, 0.25) is 0 Å². The van der Waals surface area contributed by atoms with Crippen LogP contribution in [-0.4, -0.2) is 12.4 Å². The average Bonchev–Trinajstić information content (AvgIpc) is 2.31. The molecule has 0 atom stereocenters. The number of carbonyl (C=O) groups excluding carboxylic acids is 1. The third kappa shape index (κ3) is 3.32. The standard InChI is InChI=1S/C15H20O2/c1-2-10-17-14-8-6-13(7-9-14)15(16)11-12-4-3-5-12/h6-9,12H,2-5,10-11H2,1H3. The van der Waals surface area contributed by atoms with E-state index in [4.69, 9.17) is 4.74 Å². The van der Waals surface area contributed by atoms with Crippen LogP contribution in [0.25, 0.3) is 0 Å². The first-order chi connectivity index (χ1) is 8.29. The summed E-state index contributed by atoms with van der Waals surface area (Å²) in [5.41, 5.74) is 0.820. The molecule has 0 heterocycles. The van der Waals surface area contributed by atoms with Gasteiger partial charge in [0.25, 0.3) is 0 Å². The molecule has 2 nitrogen and oxygen atoms in total. The summed E-state index contributed by atoms with van der Waals surface area (Å²) in [7, 11) is 0. The maximum Gasteiger partial charge on any atom is 0.163 e. The Balaban J connectivity index is 1.89. The van der Waals surface area contributed by atoms with Gasteiger partial charge in [-0.2, -0.15) is 0 Å². The lowest BCUT2D eigenvalue weighted by molar-refractivity contribution is 0.0936. The van der Waals surface area contributed by atoms with Crippen molar-refractivity contribution < 1.29 is 9.53 Å². The van der Waals surface area contributed by atoms with Crippen molar-refractivity contribution in [2.45, 2.75) is 39.0 Å². The summed E-state index contributed by atoms with van der Waals surface area (Å²) in [6.45, 7) is 2.81. The van der Waals surface area contributed by atoms with E-state index in [1.165, 1.54) is 19.3 Å². The molecule has 1 saturated carbocycles. The number of carbonyl (C=O) groups is 1. The van der Waals surface area contributed by atoms with Crippen LogP contribution in [0.5, 0.6) is 5.75 Å². The molecule has 92 valence electrons. The molecule has 2 rings (SSSR count). The third-order valence-electron chi connectivity index (χ3n) is 3.35. The molecule has 0 amide bonds. The van der Waals surface area contributed by atoms with E-state index in [0.717, 1.165) is 30.8 Å². The Kier molecular flexibility index (Phi) is 4.18. The van der Waals surface area contributed by atoms with Gasteiger partial charge in [0.15, 0.2) is 5.78 Å². The van der Waals surface area contributed by atoms with Gasteiger partial charge in [-0.05, 0) is 36.6 Å². The van der Waals surface area contributed by atoms with Crippen LogP contribution in [0.1, 0.15) is 49.4 Å². The fourth-order valence-corrected chi connectivity index (χ4v) is 2.03. The molecule has 0 unspecified atom stereocenters. The van der Waals surface area contributed by atoms with Crippen LogP contribution in [0.15, 0.2) is 24.3 Å². The molecule has 1 aromatic carbocycles. The summed E-state index contributed by atoms with van der Waals surface area (Å²) in [5.74, 6) is 1.77. The Morgan fingerprint density at radius 1 is 1.29 bits per heavy atom. The number of hydrogen-bond donors (Lipinski definition) is 0. The van der Waals surface area contributed by atoms with Gasteiger partial charge in [-0.1, -0.05) is 26.2 Å². The summed E-state index contributed by atoms with van der Waals surface area (Å²) >= 11 is 0. The topological polar surface area (TPSA) is 26.3 Å². The summed E-state index contributed by atoms with van der Waals surface area (Å²) in [6.07, 6.45) is 5.46. The number of Topliss-reactive ketones (excluding diaryl/α,β-unsaturated/α-hetero) is 1. The highest BCUT2D eigenvalue weighted by molar-refractivity contribution is 5.96. The van der Waals surface area contributed by atoms with Crippen LogP contribution in [0.2, 0.25) is 0 Å². The van der Waals surface area contributed by atoms with Crippen molar-refractivity contribution >= 4 is 5.78 Å².